The van der Waals surface area contributed by atoms with Gasteiger partial charge in [-0.1, -0.05) is 22.0 Å². The first kappa shape index (κ1) is 16.1. The first-order chi connectivity index (χ1) is 10.9. The molecule has 0 bridgehead atoms. The van der Waals surface area contributed by atoms with Crippen LogP contribution < -0.4 is 4.74 Å². The summed E-state index contributed by atoms with van der Waals surface area (Å²) in [6, 6.07) is 9.59. The fourth-order valence-electron chi connectivity index (χ4n) is 2.65. The Morgan fingerprint density at radius 2 is 1.87 bits per heavy atom. The second-order valence-electron chi connectivity index (χ2n) is 5.21. The van der Waals surface area contributed by atoms with Gasteiger partial charge in [-0.25, -0.2) is 12.8 Å². The molecule has 0 saturated heterocycles. The summed E-state index contributed by atoms with van der Waals surface area (Å²) in [4.78, 5) is 11.3. The van der Waals surface area contributed by atoms with Crippen LogP contribution in [0.5, 0.6) is 5.75 Å². The molecule has 2 unspecified atom stereocenters. The van der Waals surface area contributed by atoms with Crippen LogP contribution in [0.3, 0.4) is 0 Å². The van der Waals surface area contributed by atoms with Gasteiger partial charge in [0.25, 0.3) is 0 Å². The number of aldehydes is 1. The third kappa shape index (κ3) is 2.90. The number of fused-ring (bicyclic) bond motifs is 1. The third-order valence-electron chi connectivity index (χ3n) is 3.75. The largest absolute Gasteiger partial charge is 0.492 e. The van der Waals surface area contributed by atoms with E-state index in [9.17, 15) is 17.6 Å². The summed E-state index contributed by atoms with van der Waals surface area (Å²) in [5, 5.41) is -1.05. The van der Waals surface area contributed by atoms with Crippen LogP contribution in [0.15, 0.2) is 51.8 Å². The van der Waals surface area contributed by atoms with Gasteiger partial charge in [-0.3, -0.25) is 0 Å². The summed E-state index contributed by atoms with van der Waals surface area (Å²) in [6.07, 6.45) is 0.594. The molecule has 4 nitrogen and oxygen atoms in total. The number of benzene rings is 2. The molecule has 0 saturated carbocycles. The number of hydrogen-bond acceptors (Lipinski definition) is 4. The van der Waals surface area contributed by atoms with Crippen LogP contribution >= 0.6 is 15.9 Å². The fourth-order valence-corrected chi connectivity index (χ4v) is 4.93. The van der Waals surface area contributed by atoms with Crippen molar-refractivity contribution in [1.29, 1.82) is 0 Å². The molecule has 0 N–H and O–H groups in total. The van der Waals surface area contributed by atoms with Gasteiger partial charge in [0.2, 0.25) is 0 Å². The van der Waals surface area contributed by atoms with Gasteiger partial charge < -0.3 is 9.53 Å². The normalized spacial score (nSPS) is 20.4. The van der Waals surface area contributed by atoms with Crippen LogP contribution in [0.4, 0.5) is 4.39 Å². The van der Waals surface area contributed by atoms with Crippen LogP contribution in [0, 0.1) is 11.7 Å². The van der Waals surface area contributed by atoms with Crippen molar-refractivity contribution >= 4 is 32.1 Å². The molecule has 1 aliphatic rings. The van der Waals surface area contributed by atoms with Crippen LogP contribution in [0.25, 0.3) is 0 Å². The smallest absolute Gasteiger partial charge is 0.186 e. The van der Waals surface area contributed by atoms with Crippen molar-refractivity contribution in [2.24, 2.45) is 5.92 Å². The van der Waals surface area contributed by atoms with E-state index < -0.39 is 26.8 Å². The number of carbonyl (C=O) groups excluding carboxylic acids is 1. The van der Waals surface area contributed by atoms with E-state index in [1.54, 1.807) is 18.2 Å². The predicted molar refractivity (Wildman–Crippen MR) is 85.5 cm³/mol. The number of rotatable bonds is 3. The van der Waals surface area contributed by atoms with E-state index in [0.29, 0.717) is 17.6 Å². The van der Waals surface area contributed by atoms with Gasteiger partial charge in [0, 0.05) is 10.0 Å². The van der Waals surface area contributed by atoms with E-state index in [0.717, 1.165) is 16.6 Å². The minimum absolute atomic E-state index is 0.0158. The highest BCUT2D eigenvalue weighted by Gasteiger charge is 2.41. The van der Waals surface area contributed by atoms with Crippen molar-refractivity contribution in [1.82, 2.24) is 0 Å². The molecule has 2 atom stereocenters. The maximum Gasteiger partial charge on any atom is 0.186 e. The lowest BCUT2D eigenvalue weighted by Gasteiger charge is -2.30. The first-order valence-electron chi connectivity index (χ1n) is 6.80. The lowest BCUT2D eigenvalue weighted by atomic mass is 9.97. The highest BCUT2D eigenvalue weighted by Crippen LogP contribution is 2.43. The summed E-state index contributed by atoms with van der Waals surface area (Å²) in [5.41, 5.74) is 0.431. The lowest BCUT2D eigenvalue weighted by Crippen LogP contribution is -2.32. The van der Waals surface area contributed by atoms with E-state index in [2.05, 4.69) is 15.9 Å². The Balaban J connectivity index is 2.15. The summed E-state index contributed by atoms with van der Waals surface area (Å²) >= 11 is 3.31. The molecular weight excluding hydrogens is 387 g/mol. The van der Waals surface area contributed by atoms with Crippen molar-refractivity contribution in [3.8, 4) is 5.75 Å². The maximum absolute atomic E-state index is 13.1. The average Bonchev–Trinajstić information content (AvgIpc) is 2.53. The topological polar surface area (TPSA) is 60.4 Å². The second kappa shape index (κ2) is 6.05. The Labute approximate surface area is 141 Å². The minimum Gasteiger partial charge on any atom is -0.492 e. The predicted octanol–water partition coefficient (Wildman–Crippen LogP) is 3.31. The minimum atomic E-state index is -3.86. The van der Waals surface area contributed by atoms with Crippen molar-refractivity contribution in [3.63, 3.8) is 0 Å². The van der Waals surface area contributed by atoms with Gasteiger partial charge in [-0.05, 0) is 36.4 Å². The van der Waals surface area contributed by atoms with Crippen LogP contribution in [0.1, 0.15) is 10.8 Å². The van der Waals surface area contributed by atoms with Gasteiger partial charge >= 0.3 is 0 Å². The molecule has 3 rings (SSSR count). The van der Waals surface area contributed by atoms with Crippen molar-refractivity contribution in [2.45, 2.75) is 10.1 Å². The second-order valence-corrected chi connectivity index (χ2v) is 8.20. The van der Waals surface area contributed by atoms with E-state index in [1.807, 2.05) is 0 Å². The average molecular weight is 399 g/mol. The summed E-state index contributed by atoms with van der Waals surface area (Å²) in [7, 11) is -3.86. The van der Waals surface area contributed by atoms with Gasteiger partial charge in [0.15, 0.2) is 9.84 Å². The van der Waals surface area contributed by atoms with Crippen molar-refractivity contribution < 1.29 is 22.3 Å². The van der Waals surface area contributed by atoms with E-state index in [1.165, 1.54) is 12.1 Å². The first-order valence-corrected chi connectivity index (χ1v) is 9.14. The van der Waals surface area contributed by atoms with Gasteiger partial charge in [-0.15, -0.1) is 0 Å². The van der Waals surface area contributed by atoms with E-state index >= 15 is 0 Å². The summed E-state index contributed by atoms with van der Waals surface area (Å²) in [5.74, 6) is -0.918. The zero-order chi connectivity index (χ0) is 16.6. The molecule has 23 heavy (non-hydrogen) atoms. The zero-order valence-electron chi connectivity index (χ0n) is 11.8. The molecule has 0 amide bonds. The fraction of sp³-hybridized carbons (Fsp3) is 0.188. The third-order valence-corrected chi connectivity index (χ3v) is 6.45. The van der Waals surface area contributed by atoms with E-state index in [-0.39, 0.29) is 11.5 Å². The number of carbonyl (C=O) groups is 1. The highest BCUT2D eigenvalue weighted by molar-refractivity contribution is 9.10. The Hall–Kier alpha value is -1.73. The summed E-state index contributed by atoms with van der Waals surface area (Å²) in [6.45, 7) is -0.0158. The Kier molecular flexibility index (Phi) is 4.25. The van der Waals surface area contributed by atoms with Crippen LogP contribution in [-0.2, 0) is 14.6 Å². The number of ether oxygens (including phenoxy) is 1. The molecule has 7 heteroatoms. The van der Waals surface area contributed by atoms with Gasteiger partial charge in [0.05, 0.1) is 17.4 Å². The summed E-state index contributed by atoms with van der Waals surface area (Å²) < 4.78 is 45.3. The molecule has 1 aliphatic heterocycles. The molecule has 2 aromatic rings. The molecule has 0 spiro atoms. The molecule has 2 aromatic carbocycles. The highest BCUT2D eigenvalue weighted by atomic mass is 79.9. The van der Waals surface area contributed by atoms with Crippen molar-refractivity contribution in [2.75, 3.05) is 6.61 Å². The standard InChI is InChI=1S/C16H12BrFO4S/c17-11-1-6-14-15(7-11)22-9-10(8-19)16(14)23(20,21)13-4-2-12(18)3-5-13/h1-8,10,16H,9H2. The molecule has 1 heterocycles. The quantitative estimate of drug-likeness (QED) is 0.587. The molecule has 120 valence electrons. The van der Waals surface area contributed by atoms with Crippen molar-refractivity contribution in [3.05, 3.63) is 58.3 Å². The maximum atomic E-state index is 13.1. The molecular formula is C16H12BrFO4S. The molecule has 0 radical (unpaired) electrons. The number of halogens is 2. The lowest BCUT2D eigenvalue weighted by molar-refractivity contribution is -0.112. The van der Waals surface area contributed by atoms with Gasteiger partial charge in [0.1, 0.15) is 23.1 Å². The zero-order valence-corrected chi connectivity index (χ0v) is 14.2. The molecule has 0 fully saturated rings. The Morgan fingerprint density at radius 1 is 1.17 bits per heavy atom. The number of sulfone groups is 1. The van der Waals surface area contributed by atoms with Crippen LogP contribution in [0.2, 0.25) is 0 Å². The van der Waals surface area contributed by atoms with Crippen LogP contribution in [-0.4, -0.2) is 21.3 Å². The molecule has 0 aliphatic carbocycles. The monoisotopic (exact) mass is 398 g/mol. The SMILES string of the molecule is O=CC1COc2cc(Br)ccc2C1S(=O)(=O)c1ccc(F)cc1. The Bertz CT molecular complexity index is 849. The number of hydrogen-bond donors (Lipinski definition) is 0. The Morgan fingerprint density at radius 3 is 2.52 bits per heavy atom. The molecule has 0 aromatic heterocycles. The van der Waals surface area contributed by atoms with E-state index in [4.69, 9.17) is 4.74 Å². The van der Waals surface area contributed by atoms with Gasteiger partial charge in [-0.2, -0.15) is 0 Å².